The van der Waals surface area contributed by atoms with Gasteiger partial charge in [-0.15, -0.1) is 0 Å². The summed E-state index contributed by atoms with van der Waals surface area (Å²) in [6.07, 6.45) is 3.99. The van der Waals surface area contributed by atoms with Crippen LogP contribution >= 0.6 is 0 Å². The maximum Gasteiger partial charge on any atom is 0.0166 e. The molecular formula is C11H23N3. The molecule has 3 heteroatoms. The fourth-order valence-electron chi connectivity index (χ4n) is 2.64. The summed E-state index contributed by atoms with van der Waals surface area (Å²) in [4.78, 5) is 2.70. The van der Waals surface area contributed by atoms with Crippen molar-refractivity contribution in [1.29, 1.82) is 0 Å². The highest BCUT2D eigenvalue weighted by Crippen LogP contribution is 2.14. The lowest BCUT2D eigenvalue weighted by Crippen LogP contribution is -2.46. The van der Waals surface area contributed by atoms with E-state index in [2.05, 4.69) is 22.5 Å². The van der Waals surface area contributed by atoms with E-state index in [9.17, 15) is 0 Å². The average Bonchev–Trinajstić information content (AvgIpc) is 2.44. The fourth-order valence-corrected chi connectivity index (χ4v) is 2.64. The summed E-state index contributed by atoms with van der Waals surface area (Å²) in [6.45, 7) is 8.46. The lowest BCUT2D eigenvalue weighted by molar-refractivity contribution is 0.162. The van der Waals surface area contributed by atoms with Gasteiger partial charge in [0.1, 0.15) is 0 Å². The van der Waals surface area contributed by atoms with Crippen molar-refractivity contribution >= 4 is 0 Å². The Bertz CT molecular complexity index is 166. The average molecular weight is 197 g/mol. The van der Waals surface area contributed by atoms with E-state index in [0.717, 1.165) is 6.04 Å². The minimum Gasteiger partial charge on any atom is -0.317 e. The van der Waals surface area contributed by atoms with Gasteiger partial charge in [0.2, 0.25) is 0 Å². The van der Waals surface area contributed by atoms with E-state index < -0.39 is 0 Å². The maximum absolute atomic E-state index is 3.56. The number of hydrogen-bond donors (Lipinski definition) is 2. The van der Waals surface area contributed by atoms with Crippen molar-refractivity contribution in [1.82, 2.24) is 15.5 Å². The number of rotatable bonds is 1. The molecule has 0 aromatic heterocycles. The summed E-state index contributed by atoms with van der Waals surface area (Å²) in [5.74, 6) is 0. The Balaban J connectivity index is 1.87. The molecule has 0 aromatic carbocycles. The Morgan fingerprint density at radius 3 is 2.71 bits per heavy atom. The molecule has 2 fully saturated rings. The molecule has 0 spiro atoms. The van der Waals surface area contributed by atoms with E-state index in [4.69, 9.17) is 0 Å². The van der Waals surface area contributed by atoms with Crippen molar-refractivity contribution in [2.24, 2.45) is 0 Å². The van der Waals surface area contributed by atoms with Gasteiger partial charge < -0.3 is 10.6 Å². The van der Waals surface area contributed by atoms with Crippen LogP contribution in [-0.2, 0) is 0 Å². The first-order valence-corrected chi connectivity index (χ1v) is 6.04. The quantitative estimate of drug-likeness (QED) is 0.638. The van der Waals surface area contributed by atoms with Gasteiger partial charge in [0, 0.05) is 18.6 Å². The van der Waals surface area contributed by atoms with E-state index >= 15 is 0 Å². The second-order valence-corrected chi connectivity index (χ2v) is 4.68. The van der Waals surface area contributed by atoms with E-state index in [0.29, 0.717) is 6.04 Å². The van der Waals surface area contributed by atoms with Crippen LogP contribution in [0.4, 0.5) is 0 Å². The van der Waals surface area contributed by atoms with Crippen LogP contribution in [0.5, 0.6) is 0 Å². The van der Waals surface area contributed by atoms with E-state index in [1.165, 1.54) is 52.0 Å². The van der Waals surface area contributed by atoms with Gasteiger partial charge in [-0.3, -0.25) is 4.90 Å². The van der Waals surface area contributed by atoms with Crippen LogP contribution in [0.1, 0.15) is 26.2 Å². The van der Waals surface area contributed by atoms with Crippen LogP contribution in [0.3, 0.4) is 0 Å². The number of piperidine rings is 1. The van der Waals surface area contributed by atoms with Gasteiger partial charge in [-0.1, -0.05) is 0 Å². The van der Waals surface area contributed by atoms with Crippen LogP contribution in [0.15, 0.2) is 0 Å². The molecule has 2 aliphatic heterocycles. The largest absolute Gasteiger partial charge is 0.317 e. The van der Waals surface area contributed by atoms with Gasteiger partial charge in [-0.2, -0.15) is 0 Å². The highest BCUT2D eigenvalue weighted by molar-refractivity contribution is 4.82. The third-order valence-electron chi connectivity index (χ3n) is 3.45. The molecule has 2 rings (SSSR count). The zero-order valence-corrected chi connectivity index (χ0v) is 9.26. The van der Waals surface area contributed by atoms with Gasteiger partial charge in [-0.05, 0) is 52.4 Å². The summed E-state index contributed by atoms with van der Waals surface area (Å²) in [6, 6.07) is 1.52. The van der Waals surface area contributed by atoms with E-state index in [1.54, 1.807) is 0 Å². The van der Waals surface area contributed by atoms with Crippen molar-refractivity contribution in [2.45, 2.75) is 38.3 Å². The van der Waals surface area contributed by atoms with Gasteiger partial charge in [0.25, 0.3) is 0 Å². The molecule has 82 valence electrons. The monoisotopic (exact) mass is 197 g/mol. The Hall–Kier alpha value is -0.120. The SMILES string of the molecule is CC1CN(C2CCNCC2)CCCN1. The van der Waals surface area contributed by atoms with E-state index in [1.807, 2.05) is 0 Å². The van der Waals surface area contributed by atoms with E-state index in [-0.39, 0.29) is 0 Å². The maximum atomic E-state index is 3.56. The van der Waals surface area contributed by atoms with Crippen molar-refractivity contribution in [3.05, 3.63) is 0 Å². The molecule has 14 heavy (non-hydrogen) atoms. The molecule has 2 aliphatic rings. The summed E-state index contributed by atoms with van der Waals surface area (Å²) < 4.78 is 0. The molecule has 2 N–H and O–H groups in total. The first-order valence-electron chi connectivity index (χ1n) is 6.04. The summed E-state index contributed by atoms with van der Waals surface area (Å²) in [5.41, 5.74) is 0. The summed E-state index contributed by atoms with van der Waals surface area (Å²) >= 11 is 0. The van der Waals surface area contributed by atoms with Crippen molar-refractivity contribution < 1.29 is 0 Å². The lowest BCUT2D eigenvalue weighted by atomic mass is 10.0. The molecule has 0 amide bonds. The molecule has 1 atom stereocenters. The minimum atomic E-state index is 0.674. The number of nitrogens with zero attached hydrogens (tertiary/aromatic N) is 1. The van der Waals surface area contributed by atoms with Crippen LogP contribution in [0.25, 0.3) is 0 Å². The van der Waals surface area contributed by atoms with Crippen molar-refractivity contribution in [3.8, 4) is 0 Å². The third-order valence-corrected chi connectivity index (χ3v) is 3.45. The van der Waals surface area contributed by atoms with Crippen molar-refractivity contribution in [2.75, 3.05) is 32.7 Å². The molecule has 0 aliphatic carbocycles. The van der Waals surface area contributed by atoms with Crippen LogP contribution in [-0.4, -0.2) is 49.7 Å². The predicted molar refractivity (Wildman–Crippen MR) is 59.5 cm³/mol. The highest BCUT2D eigenvalue weighted by atomic mass is 15.2. The lowest BCUT2D eigenvalue weighted by Gasteiger charge is -2.34. The Morgan fingerprint density at radius 2 is 1.93 bits per heavy atom. The summed E-state index contributed by atoms with van der Waals surface area (Å²) in [7, 11) is 0. The molecule has 0 radical (unpaired) electrons. The minimum absolute atomic E-state index is 0.674. The zero-order chi connectivity index (χ0) is 9.80. The Kier molecular flexibility index (Phi) is 3.79. The van der Waals surface area contributed by atoms with Crippen LogP contribution in [0.2, 0.25) is 0 Å². The third kappa shape index (κ3) is 2.69. The van der Waals surface area contributed by atoms with Crippen LogP contribution in [0, 0.1) is 0 Å². The second-order valence-electron chi connectivity index (χ2n) is 4.68. The zero-order valence-electron chi connectivity index (χ0n) is 9.26. The first kappa shape index (κ1) is 10.4. The fraction of sp³-hybridized carbons (Fsp3) is 1.00. The smallest absolute Gasteiger partial charge is 0.0166 e. The second kappa shape index (κ2) is 5.10. The predicted octanol–water partition coefficient (Wildman–Crippen LogP) is 0.422. The molecule has 2 saturated heterocycles. The van der Waals surface area contributed by atoms with Gasteiger partial charge in [0.05, 0.1) is 0 Å². The normalized spacial score (nSPS) is 32.8. The Labute approximate surface area is 87.2 Å². The molecule has 2 heterocycles. The van der Waals surface area contributed by atoms with Crippen molar-refractivity contribution in [3.63, 3.8) is 0 Å². The molecular weight excluding hydrogens is 174 g/mol. The molecule has 0 bridgehead atoms. The molecule has 3 nitrogen and oxygen atoms in total. The van der Waals surface area contributed by atoms with Gasteiger partial charge >= 0.3 is 0 Å². The molecule has 0 aromatic rings. The molecule has 0 saturated carbocycles. The van der Waals surface area contributed by atoms with Crippen LogP contribution < -0.4 is 10.6 Å². The Morgan fingerprint density at radius 1 is 1.14 bits per heavy atom. The standard InChI is InChI=1S/C11H23N3/c1-10-9-14(8-2-5-13-10)11-3-6-12-7-4-11/h10-13H,2-9H2,1H3. The van der Waals surface area contributed by atoms with Gasteiger partial charge in [-0.25, -0.2) is 0 Å². The van der Waals surface area contributed by atoms with Gasteiger partial charge in [0.15, 0.2) is 0 Å². The summed E-state index contributed by atoms with van der Waals surface area (Å²) in [5, 5.41) is 6.99. The first-order chi connectivity index (χ1) is 6.86. The topological polar surface area (TPSA) is 27.3 Å². The number of hydrogen-bond acceptors (Lipinski definition) is 3. The molecule has 1 unspecified atom stereocenters. The number of nitrogens with one attached hydrogen (secondary N) is 2. The highest BCUT2D eigenvalue weighted by Gasteiger charge is 2.23.